The Hall–Kier alpha value is -3.06. The van der Waals surface area contributed by atoms with E-state index in [2.05, 4.69) is 20.3 Å². The fourth-order valence-electron chi connectivity index (χ4n) is 4.09. The van der Waals surface area contributed by atoms with Crippen LogP contribution >= 0.6 is 0 Å². The van der Waals surface area contributed by atoms with Gasteiger partial charge >= 0.3 is 0 Å². The predicted octanol–water partition coefficient (Wildman–Crippen LogP) is 3.28. The number of benzene rings is 1. The van der Waals surface area contributed by atoms with Crippen molar-refractivity contribution in [3.05, 3.63) is 60.6 Å². The number of piperidine rings is 1. The van der Waals surface area contributed by atoms with Gasteiger partial charge < -0.3 is 15.0 Å². The van der Waals surface area contributed by atoms with E-state index in [0.29, 0.717) is 23.0 Å². The number of phenols is 1. The number of aromatic nitrogens is 4. The molecular weight excluding hydrogens is 357 g/mol. The van der Waals surface area contributed by atoms with Crippen LogP contribution in [0.25, 0.3) is 23.0 Å². The van der Waals surface area contributed by atoms with Gasteiger partial charge in [0.15, 0.2) is 0 Å². The molecule has 4 heterocycles. The fraction of sp³-hybridized carbons (Fsp3) is 0.286. The van der Waals surface area contributed by atoms with Gasteiger partial charge in [0.2, 0.25) is 0 Å². The minimum absolute atomic E-state index is 0.0665. The average Bonchev–Trinajstić information content (AvgIpc) is 3.37. The first-order chi connectivity index (χ1) is 13.7. The van der Waals surface area contributed by atoms with E-state index in [1.807, 2.05) is 22.9 Å². The topological polar surface area (TPSA) is 75.9 Å². The van der Waals surface area contributed by atoms with Crippen molar-refractivity contribution >= 4 is 6.08 Å². The maximum atomic E-state index is 14.6. The van der Waals surface area contributed by atoms with Crippen LogP contribution in [0.5, 0.6) is 5.75 Å². The molecular formula is C21H20FN5O. The standard InChI is InChI=1S/C21H20FN5O/c22-21-13(7-14-1-4-18(21)26-14)8-15-10-25-19(11-24-15)17-3-2-16(9-20(17)28)27-6-5-23-12-27/h2-3,5-6,8-12,14,18,21,26,28H,1,4,7H2/b13-8-/t14-,18+,21-/m0/s1. The Kier molecular flexibility index (Phi) is 4.16. The van der Waals surface area contributed by atoms with Gasteiger partial charge in [-0.3, -0.25) is 9.97 Å². The molecule has 142 valence electrons. The molecule has 2 aliphatic rings. The van der Waals surface area contributed by atoms with Crippen LogP contribution in [0.1, 0.15) is 25.0 Å². The van der Waals surface area contributed by atoms with E-state index in [-0.39, 0.29) is 11.8 Å². The highest BCUT2D eigenvalue weighted by Gasteiger charge is 2.38. The molecule has 6 nitrogen and oxygen atoms in total. The molecule has 0 radical (unpaired) electrons. The van der Waals surface area contributed by atoms with E-state index in [1.54, 1.807) is 37.1 Å². The zero-order valence-corrected chi connectivity index (χ0v) is 15.2. The summed E-state index contributed by atoms with van der Waals surface area (Å²) in [6.45, 7) is 0. The number of imidazole rings is 1. The van der Waals surface area contributed by atoms with Crippen molar-refractivity contribution in [2.24, 2.45) is 0 Å². The number of nitrogens with zero attached hydrogens (tertiary/aromatic N) is 4. The zero-order valence-electron chi connectivity index (χ0n) is 15.2. The van der Waals surface area contributed by atoms with Gasteiger partial charge in [-0.05, 0) is 43.0 Å². The van der Waals surface area contributed by atoms with Crippen LogP contribution in [0, 0.1) is 0 Å². The normalized spacial score (nSPS) is 25.3. The van der Waals surface area contributed by atoms with E-state index in [4.69, 9.17) is 0 Å². The Morgan fingerprint density at radius 3 is 2.89 bits per heavy atom. The number of alkyl halides is 1. The van der Waals surface area contributed by atoms with Crippen molar-refractivity contribution in [3.63, 3.8) is 0 Å². The van der Waals surface area contributed by atoms with Crippen molar-refractivity contribution in [2.75, 3.05) is 0 Å². The number of fused-ring (bicyclic) bond motifs is 2. The van der Waals surface area contributed by atoms with E-state index >= 15 is 0 Å². The number of hydrogen-bond acceptors (Lipinski definition) is 5. The van der Waals surface area contributed by atoms with Crippen molar-refractivity contribution in [2.45, 2.75) is 37.5 Å². The number of rotatable bonds is 3. The van der Waals surface area contributed by atoms with Crippen molar-refractivity contribution < 1.29 is 9.50 Å². The first-order valence-corrected chi connectivity index (χ1v) is 9.42. The summed E-state index contributed by atoms with van der Waals surface area (Å²) in [4.78, 5) is 12.8. The van der Waals surface area contributed by atoms with Crippen molar-refractivity contribution in [3.8, 4) is 22.7 Å². The van der Waals surface area contributed by atoms with Crippen LogP contribution < -0.4 is 5.32 Å². The second-order valence-corrected chi connectivity index (χ2v) is 7.37. The molecule has 2 fully saturated rings. The maximum absolute atomic E-state index is 14.6. The minimum atomic E-state index is -0.958. The molecule has 0 saturated carbocycles. The lowest BCUT2D eigenvalue weighted by Gasteiger charge is -2.27. The van der Waals surface area contributed by atoms with E-state index in [0.717, 1.165) is 30.5 Å². The van der Waals surface area contributed by atoms with Crippen LogP contribution in [0.3, 0.4) is 0 Å². The maximum Gasteiger partial charge on any atom is 0.137 e. The van der Waals surface area contributed by atoms with Crippen molar-refractivity contribution in [1.82, 2.24) is 24.8 Å². The van der Waals surface area contributed by atoms with Crippen molar-refractivity contribution in [1.29, 1.82) is 0 Å². The van der Waals surface area contributed by atoms with E-state index < -0.39 is 6.17 Å². The molecule has 2 saturated heterocycles. The summed E-state index contributed by atoms with van der Waals surface area (Å²) in [7, 11) is 0. The first kappa shape index (κ1) is 17.1. The molecule has 0 amide bonds. The third-order valence-electron chi connectivity index (χ3n) is 5.53. The summed E-state index contributed by atoms with van der Waals surface area (Å²) >= 11 is 0. The molecule has 1 aromatic carbocycles. The lowest BCUT2D eigenvalue weighted by atomic mass is 9.96. The van der Waals surface area contributed by atoms with Crippen LogP contribution in [-0.4, -0.2) is 42.9 Å². The second-order valence-electron chi connectivity index (χ2n) is 7.37. The minimum Gasteiger partial charge on any atom is -0.507 e. The highest BCUT2D eigenvalue weighted by Crippen LogP contribution is 2.34. The summed E-state index contributed by atoms with van der Waals surface area (Å²) in [5.74, 6) is 0.116. The molecule has 2 bridgehead atoms. The number of phenolic OH excluding ortho intramolecular Hbond substituents is 1. The molecule has 3 aromatic rings. The lowest BCUT2D eigenvalue weighted by Crippen LogP contribution is -2.42. The summed E-state index contributed by atoms with van der Waals surface area (Å²) in [5, 5.41) is 13.7. The summed E-state index contributed by atoms with van der Waals surface area (Å²) in [5.41, 5.74) is 3.40. The molecule has 28 heavy (non-hydrogen) atoms. The molecule has 5 rings (SSSR count). The summed E-state index contributed by atoms with van der Waals surface area (Å²) in [6.07, 6.45) is 11.9. The van der Waals surface area contributed by atoms with Gasteiger partial charge in [0, 0.05) is 36.1 Å². The third kappa shape index (κ3) is 3.07. The molecule has 0 spiro atoms. The van der Waals surface area contributed by atoms with Gasteiger partial charge in [-0.2, -0.15) is 0 Å². The highest BCUT2D eigenvalue weighted by molar-refractivity contribution is 5.68. The Morgan fingerprint density at radius 2 is 2.14 bits per heavy atom. The van der Waals surface area contributed by atoms with Gasteiger partial charge in [0.25, 0.3) is 0 Å². The first-order valence-electron chi connectivity index (χ1n) is 9.42. The molecule has 3 atom stereocenters. The van der Waals surface area contributed by atoms with Gasteiger partial charge in [0.05, 0.1) is 35.8 Å². The Balaban J connectivity index is 1.39. The lowest BCUT2D eigenvalue weighted by molar-refractivity contribution is 0.270. The van der Waals surface area contributed by atoms with Gasteiger partial charge in [0.1, 0.15) is 11.9 Å². The third-order valence-corrected chi connectivity index (χ3v) is 5.53. The molecule has 0 unspecified atom stereocenters. The summed E-state index contributed by atoms with van der Waals surface area (Å²) in [6, 6.07) is 5.65. The quantitative estimate of drug-likeness (QED) is 0.733. The smallest absolute Gasteiger partial charge is 0.137 e. The predicted molar refractivity (Wildman–Crippen MR) is 104 cm³/mol. The number of hydrogen-bond donors (Lipinski definition) is 2. The highest BCUT2D eigenvalue weighted by atomic mass is 19.1. The van der Waals surface area contributed by atoms with Crippen LogP contribution in [0.2, 0.25) is 0 Å². The SMILES string of the molecule is Oc1cc(-n2ccnc2)ccc1-c1cnc(/C=C2/C[C@@H]3CC[C@@H](N3)[C@H]2F)cn1. The largest absolute Gasteiger partial charge is 0.507 e. The second kappa shape index (κ2) is 6.83. The number of halogens is 1. The average molecular weight is 377 g/mol. The monoisotopic (exact) mass is 377 g/mol. The van der Waals surface area contributed by atoms with Crippen LogP contribution in [0.4, 0.5) is 4.39 Å². The Bertz CT molecular complexity index is 1020. The molecule has 2 N–H and O–H groups in total. The summed E-state index contributed by atoms with van der Waals surface area (Å²) < 4.78 is 16.4. The van der Waals surface area contributed by atoms with Gasteiger partial charge in [-0.15, -0.1) is 0 Å². The fourth-order valence-corrected chi connectivity index (χ4v) is 4.09. The molecule has 0 aliphatic carbocycles. The molecule has 2 aromatic heterocycles. The number of aromatic hydroxyl groups is 1. The van der Waals surface area contributed by atoms with Crippen LogP contribution in [0.15, 0.2) is 54.9 Å². The number of nitrogens with one attached hydrogen (secondary N) is 1. The molecule has 7 heteroatoms. The van der Waals surface area contributed by atoms with E-state index in [9.17, 15) is 9.50 Å². The van der Waals surface area contributed by atoms with Gasteiger partial charge in [-0.1, -0.05) is 0 Å². The zero-order chi connectivity index (χ0) is 19.1. The molecule has 2 aliphatic heterocycles. The van der Waals surface area contributed by atoms with Gasteiger partial charge in [-0.25, -0.2) is 9.37 Å². The Morgan fingerprint density at radius 1 is 1.21 bits per heavy atom. The van der Waals surface area contributed by atoms with E-state index in [1.165, 1.54) is 0 Å². The van der Waals surface area contributed by atoms with Crippen LogP contribution in [-0.2, 0) is 0 Å². The Labute approximate surface area is 161 Å².